The van der Waals surface area contributed by atoms with Crippen molar-refractivity contribution in [1.29, 1.82) is 0 Å². The number of benzene rings is 3. The van der Waals surface area contributed by atoms with E-state index in [0.717, 1.165) is 11.1 Å². The van der Waals surface area contributed by atoms with Crippen LogP contribution in [0.4, 0.5) is 0 Å². The van der Waals surface area contributed by atoms with E-state index in [-0.39, 0.29) is 11.6 Å². The number of methoxy groups -OCH3 is 2. The molecule has 0 N–H and O–H groups in total. The number of hydrogen-bond donors (Lipinski definition) is 0. The summed E-state index contributed by atoms with van der Waals surface area (Å²) in [6.07, 6.45) is 1.65. The molecule has 3 aromatic rings. The Bertz CT molecular complexity index is 1150. The smallest absolute Gasteiger partial charge is 0.363 e. The first kappa shape index (κ1) is 20.2. The molecule has 0 atom stereocenters. The molecule has 0 spiro atoms. The molecule has 0 unspecified atom stereocenters. The highest BCUT2D eigenvalue weighted by atomic mass is 16.6. The molecule has 1 heterocycles. The lowest BCUT2D eigenvalue weighted by atomic mass is 10.1. The Morgan fingerprint density at radius 3 is 2.52 bits per heavy atom. The standard InChI is InChI=1S/C25H21NO5/c1-28-20-10-6-9-19(15-20)24-26-21(25(27)31-24)13-18-11-12-22(23(14-18)29-2)30-16-17-7-4-3-5-8-17/h3-15H,16H2,1-2H3. The fourth-order valence-corrected chi connectivity index (χ4v) is 3.08. The quantitative estimate of drug-likeness (QED) is 0.416. The number of hydrogen-bond acceptors (Lipinski definition) is 6. The lowest BCUT2D eigenvalue weighted by Crippen LogP contribution is -2.05. The van der Waals surface area contributed by atoms with Crippen molar-refractivity contribution in [3.63, 3.8) is 0 Å². The molecule has 4 rings (SSSR count). The summed E-state index contributed by atoms with van der Waals surface area (Å²) in [6.45, 7) is 0.429. The van der Waals surface area contributed by atoms with E-state index in [2.05, 4.69) is 4.99 Å². The monoisotopic (exact) mass is 415 g/mol. The van der Waals surface area contributed by atoms with Gasteiger partial charge in [-0.15, -0.1) is 0 Å². The Kier molecular flexibility index (Phi) is 5.98. The molecule has 0 aromatic heterocycles. The second-order valence-electron chi connectivity index (χ2n) is 6.75. The summed E-state index contributed by atoms with van der Waals surface area (Å²) in [6, 6.07) is 22.5. The Labute approximate surface area is 180 Å². The maximum Gasteiger partial charge on any atom is 0.363 e. The van der Waals surface area contributed by atoms with Crippen LogP contribution < -0.4 is 14.2 Å². The molecule has 0 bridgehead atoms. The molecular weight excluding hydrogens is 394 g/mol. The van der Waals surface area contributed by atoms with Gasteiger partial charge in [0, 0.05) is 5.56 Å². The van der Waals surface area contributed by atoms with Crippen LogP contribution in [0.15, 0.2) is 83.5 Å². The van der Waals surface area contributed by atoms with Gasteiger partial charge < -0.3 is 18.9 Å². The Hall–Kier alpha value is -4.06. The molecule has 6 heteroatoms. The summed E-state index contributed by atoms with van der Waals surface area (Å²) >= 11 is 0. The summed E-state index contributed by atoms with van der Waals surface area (Å²) in [5, 5.41) is 0. The largest absolute Gasteiger partial charge is 0.497 e. The van der Waals surface area contributed by atoms with Crippen LogP contribution in [0.25, 0.3) is 6.08 Å². The molecule has 0 saturated heterocycles. The van der Waals surface area contributed by atoms with E-state index in [1.165, 1.54) is 0 Å². The first-order valence-corrected chi connectivity index (χ1v) is 9.68. The second kappa shape index (κ2) is 9.17. The van der Waals surface area contributed by atoms with Crippen LogP contribution in [0.3, 0.4) is 0 Å². The number of rotatable bonds is 7. The zero-order chi connectivity index (χ0) is 21.6. The molecule has 0 fully saturated rings. The van der Waals surface area contributed by atoms with Crippen molar-refractivity contribution in [2.45, 2.75) is 6.61 Å². The third-order valence-electron chi connectivity index (χ3n) is 4.67. The lowest BCUT2D eigenvalue weighted by molar-refractivity contribution is -0.129. The van der Waals surface area contributed by atoms with E-state index in [4.69, 9.17) is 18.9 Å². The Morgan fingerprint density at radius 2 is 1.74 bits per heavy atom. The van der Waals surface area contributed by atoms with Crippen molar-refractivity contribution in [1.82, 2.24) is 0 Å². The predicted molar refractivity (Wildman–Crippen MR) is 117 cm³/mol. The third kappa shape index (κ3) is 4.75. The Morgan fingerprint density at radius 1 is 0.903 bits per heavy atom. The van der Waals surface area contributed by atoms with E-state index in [1.54, 1.807) is 44.6 Å². The van der Waals surface area contributed by atoms with E-state index in [1.807, 2.05) is 48.5 Å². The maximum absolute atomic E-state index is 12.3. The summed E-state index contributed by atoms with van der Waals surface area (Å²) in [7, 11) is 3.15. The van der Waals surface area contributed by atoms with Gasteiger partial charge >= 0.3 is 5.97 Å². The molecule has 0 radical (unpaired) electrons. The zero-order valence-electron chi connectivity index (χ0n) is 17.2. The highest BCUT2D eigenvalue weighted by molar-refractivity contribution is 6.13. The highest BCUT2D eigenvalue weighted by Gasteiger charge is 2.24. The fourth-order valence-electron chi connectivity index (χ4n) is 3.08. The van der Waals surface area contributed by atoms with Gasteiger partial charge in [-0.2, -0.15) is 0 Å². The van der Waals surface area contributed by atoms with Gasteiger partial charge in [-0.05, 0) is 47.5 Å². The van der Waals surface area contributed by atoms with Crippen LogP contribution in [0.5, 0.6) is 17.2 Å². The first-order chi connectivity index (χ1) is 15.2. The van der Waals surface area contributed by atoms with Crippen molar-refractivity contribution >= 4 is 17.9 Å². The van der Waals surface area contributed by atoms with Gasteiger partial charge in [0.1, 0.15) is 12.4 Å². The van der Waals surface area contributed by atoms with E-state index < -0.39 is 5.97 Å². The van der Waals surface area contributed by atoms with E-state index >= 15 is 0 Å². The minimum absolute atomic E-state index is 0.206. The lowest BCUT2D eigenvalue weighted by Gasteiger charge is -2.11. The Balaban J connectivity index is 1.54. The number of carbonyl (C=O) groups excluding carboxylic acids is 1. The van der Waals surface area contributed by atoms with Gasteiger partial charge in [-0.1, -0.05) is 42.5 Å². The molecule has 3 aromatic carbocycles. The van der Waals surface area contributed by atoms with Gasteiger partial charge in [0.15, 0.2) is 17.2 Å². The van der Waals surface area contributed by atoms with Gasteiger partial charge in [-0.25, -0.2) is 9.79 Å². The predicted octanol–water partition coefficient (Wildman–Crippen LogP) is 4.63. The van der Waals surface area contributed by atoms with Crippen LogP contribution in [0, 0.1) is 0 Å². The number of nitrogens with zero attached hydrogens (tertiary/aromatic N) is 1. The zero-order valence-corrected chi connectivity index (χ0v) is 17.2. The summed E-state index contributed by atoms with van der Waals surface area (Å²) < 4.78 is 21.9. The van der Waals surface area contributed by atoms with Crippen LogP contribution in [0.1, 0.15) is 16.7 Å². The normalized spacial score (nSPS) is 14.2. The number of ether oxygens (including phenoxy) is 4. The SMILES string of the molecule is COc1cccc(C2=NC(=Cc3ccc(OCc4ccccc4)c(OC)c3)C(=O)O2)c1. The summed E-state index contributed by atoms with van der Waals surface area (Å²) in [4.78, 5) is 16.6. The molecule has 0 saturated carbocycles. The minimum atomic E-state index is -0.513. The van der Waals surface area contributed by atoms with Crippen molar-refractivity contribution < 1.29 is 23.7 Å². The number of aliphatic imine (C=N–C) groups is 1. The van der Waals surface area contributed by atoms with Crippen molar-refractivity contribution in [2.24, 2.45) is 4.99 Å². The van der Waals surface area contributed by atoms with Crippen LogP contribution >= 0.6 is 0 Å². The molecule has 0 aliphatic carbocycles. The van der Waals surface area contributed by atoms with Crippen molar-refractivity contribution in [3.05, 3.63) is 95.2 Å². The number of cyclic esters (lactones) is 1. The molecule has 1 aliphatic rings. The summed E-state index contributed by atoms with van der Waals surface area (Å²) in [5.74, 6) is 1.56. The molecule has 6 nitrogen and oxygen atoms in total. The van der Waals surface area contributed by atoms with E-state index in [0.29, 0.717) is 29.4 Å². The molecule has 31 heavy (non-hydrogen) atoms. The number of carbonyl (C=O) groups is 1. The molecule has 1 aliphatic heterocycles. The van der Waals surface area contributed by atoms with Gasteiger partial charge in [0.2, 0.25) is 5.90 Å². The fraction of sp³-hybridized carbons (Fsp3) is 0.120. The second-order valence-corrected chi connectivity index (χ2v) is 6.75. The van der Waals surface area contributed by atoms with Crippen LogP contribution in [-0.4, -0.2) is 26.1 Å². The van der Waals surface area contributed by atoms with E-state index in [9.17, 15) is 4.79 Å². The van der Waals surface area contributed by atoms with Gasteiger partial charge in [-0.3, -0.25) is 0 Å². The van der Waals surface area contributed by atoms with Crippen LogP contribution in [0.2, 0.25) is 0 Å². The van der Waals surface area contributed by atoms with Crippen LogP contribution in [-0.2, 0) is 16.1 Å². The molecule has 0 amide bonds. The average Bonchev–Trinajstić information content (AvgIpc) is 3.19. The van der Waals surface area contributed by atoms with Crippen molar-refractivity contribution in [3.8, 4) is 17.2 Å². The number of esters is 1. The average molecular weight is 415 g/mol. The minimum Gasteiger partial charge on any atom is -0.497 e. The maximum atomic E-state index is 12.3. The third-order valence-corrected chi connectivity index (χ3v) is 4.67. The molecular formula is C25H21NO5. The van der Waals surface area contributed by atoms with Gasteiger partial charge in [0.25, 0.3) is 0 Å². The summed E-state index contributed by atoms with van der Waals surface area (Å²) in [5.41, 5.74) is 2.67. The molecule has 156 valence electrons. The van der Waals surface area contributed by atoms with Crippen molar-refractivity contribution in [2.75, 3.05) is 14.2 Å². The van der Waals surface area contributed by atoms with Gasteiger partial charge in [0.05, 0.1) is 14.2 Å². The first-order valence-electron chi connectivity index (χ1n) is 9.68. The topological polar surface area (TPSA) is 66.3 Å². The highest BCUT2D eigenvalue weighted by Crippen LogP contribution is 2.30.